The van der Waals surface area contributed by atoms with Gasteiger partial charge in [-0.1, -0.05) is 0 Å². The second-order valence-electron chi connectivity index (χ2n) is 3.96. The van der Waals surface area contributed by atoms with Crippen LogP contribution in [-0.2, 0) is 11.3 Å². The third-order valence-electron chi connectivity index (χ3n) is 2.44. The van der Waals surface area contributed by atoms with Crippen LogP contribution in [0.25, 0.3) is 0 Å². The second-order valence-corrected chi connectivity index (χ2v) is 4.95. The lowest BCUT2D eigenvalue weighted by atomic mass is 10.3. The van der Waals surface area contributed by atoms with E-state index in [0.29, 0.717) is 24.9 Å². The molecule has 0 aliphatic carbocycles. The third-order valence-corrected chi connectivity index (χ3v) is 3.13. The lowest BCUT2D eigenvalue weighted by molar-refractivity contribution is 0.128. The van der Waals surface area contributed by atoms with Crippen LogP contribution in [0.2, 0.25) is 0 Å². The minimum Gasteiger partial charge on any atom is -0.374 e. The number of hydrazine groups is 1. The van der Waals surface area contributed by atoms with Crippen LogP contribution in [-0.4, -0.2) is 35.1 Å². The van der Waals surface area contributed by atoms with Gasteiger partial charge in [0.1, 0.15) is 18.2 Å². The summed E-state index contributed by atoms with van der Waals surface area (Å²) in [7, 11) is 0. The van der Waals surface area contributed by atoms with Crippen LogP contribution in [0.1, 0.15) is 25.6 Å². The number of nitrogen functional groups attached to an aromatic ring is 1. The van der Waals surface area contributed by atoms with Gasteiger partial charge in [0, 0.05) is 19.2 Å². The van der Waals surface area contributed by atoms with Crippen molar-refractivity contribution in [3.63, 3.8) is 0 Å². The Morgan fingerprint density at radius 3 is 2.79 bits per heavy atom. The summed E-state index contributed by atoms with van der Waals surface area (Å²) >= 11 is 1.87. The molecule has 1 heterocycles. The Morgan fingerprint density at radius 1 is 1.32 bits per heavy atom. The summed E-state index contributed by atoms with van der Waals surface area (Å²) in [6, 6.07) is 1.80. The third kappa shape index (κ3) is 6.60. The largest absolute Gasteiger partial charge is 0.374 e. The number of nitrogens with one attached hydrogen (secondary N) is 2. The van der Waals surface area contributed by atoms with Crippen LogP contribution < -0.4 is 16.6 Å². The molecule has 19 heavy (non-hydrogen) atoms. The molecule has 0 amide bonds. The summed E-state index contributed by atoms with van der Waals surface area (Å²) in [6.45, 7) is 3.87. The number of aromatic nitrogens is 2. The van der Waals surface area contributed by atoms with E-state index in [-0.39, 0.29) is 0 Å². The van der Waals surface area contributed by atoms with E-state index in [1.807, 2.05) is 18.7 Å². The highest BCUT2D eigenvalue weighted by Gasteiger charge is 2.03. The number of hydrogen-bond donors (Lipinski definition) is 3. The van der Waals surface area contributed by atoms with E-state index < -0.39 is 0 Å². The van der Waals surface area contributed by atoms with Crippen molar-refractivity contribution in [3.05, 3.63) is 11.9 Å². The van der Waals surface area contributed by atoms with Crippen molar-refractivity contribution < 1.29 is 4.74 Å². The van der Waals surface area contributed by atoms with Crippen LogP contribution in [0, 0.1) is 0 Å². The van der Waals surface area contributed by atoms with Gasteiger partial charge in [0.2, 0.25) is 0 Å². The molecule has 0 unspecified atom stereocenters. The van der Waals surface area contributed by atoms with E-state index in [1.165, 1.54) is 12.2 Å². The topological polar surface area (TPSA) is 85.1 Å². The molecule has 0 aliphatic heterocycles. The van der Waals surface area contributed by atoms with Gasteiger partial charge in [-0.25, -0.2) is 15.8 Å². The van der Waals surface area contributed by atoms with E-state index in [2.05, 4.69) is 27.0 Å². The fourth-order valence-corrected chi connectivity index (χ4v) is 2.00. The second kappa shape index (κ2) is 9.82. The van der Waals surface area contributed by atoms with Crippen molar-refractivity contribution in [2.24, 2.45) is 5.84 Å². The lowest BCUT2D eigenvalue weighted by Crippen LogP contribution is -2.13. The maximum atomic E-state index is 5.40. The first kappa shape index (κ1) is 16.0. The van der Waals surface area contributed by atoms with Crippen molar-refractivity contribution in [3.8, 4) is 0 Å². The molecule has 0 radical (unpaired) electrons. The standard InChI is InChI=1S/C12H23N5OS/c1-3-18-9-12-15-10(8-11(16-12)17-13)14-6-4-5-7-19-2/h8H,3-7,9,13H2,1-2H3,(H2,14,15,16,17). The first-order valence-electron chi connectivity index (χ1n) is 6.45. The van der Waals surface area contributed by atoms with E-state index in [4.69, 9.17) is 10.6 Å². The first-order valence-corrected chi connectivity index (χ1v) is 7.84. The first-order chi connectivity index (χ1) is 9.30. The number of anilines is 2. The van der Waals surface area contributed by atoms with Gasteiger partial charge < -0.3 is 15.5 Å². The number of nitrogens with zero attached hydrogens (tertiary/aromatic N) is 2. The highest BCUT2D eigenvalue weighted by molar-refractivity contribution is 7.98. The SMILES string of the molecule is CCOCc1nc(NN)cc(NCCCCSC)n1. The molecule has 0 aliphatic rings. The fraction of sp³-hybridized carbons (Fsp3) is 0.667. The maximum absolute atomic E-state index is 5.40. The van der Waals surface area contributed by atoms with Crippen molar-refractivity contribution >= 4 is 23.4 Å². The molecule has 0 saturated heterocycles. The fourth-order valence-electron chi connectivity index (χ4n) is 1.51. The van der Waals surface area contributed by atoms with Crippen LogP contribution in [0.3, 0.4) is 0 Å². The Morgan fingerprint density at radius 2 is 2.11 bits per heavy atom. The van der Waals surface area contributed by atoms with Gasteiger partial charge in [-0.3, -0.25) is 0 Å². The van der Waals surface area contributed by atoms with Gasteiger partial charge in [0.05, 0.1) is 0 Å². The van der Waals surface area contributed by atoms with Gasteiger partial charge >= 0.3 is 0 Å². The summed E-state index contributed by atoms with van der Waals surface area (Å²) in [4.78, 5) is 8.62. The monoisotopic (exact) mass is 285 g/mol. The quantitative estimate of drug-likeness (QED) is 0.343. The summed E-state index contributed by atoms with van der Waals surface area (Å²) in [5.74, 6) is 8.59. The number of nitrogens with two attached hydrogens (primary N) is 1. The summed E-state index contributed by atoms with van der Waals surface area (Å²) in [5.41, 5.74) is 2.54. The molecule has 0 atom stereocenters. The van der Waals surface area contributed by atoms with Crippen LogP contribution >= 0.6 is 11.8 Å². The van der Waals surface area contributed by atoms with Gasteiger partial charge in [0.25, 0.3) is 0 Å². The zero-order valence-electron chi connectivity index (χ0n) is 11.6. The normalized spacial score (nSPS) is 10.5. The molecule has 1 aromatic rings. The molecule has 6 nitrogen and oxygen atoms in total. The molecule has 0 spiro atoms. The molecule has 0 saturated carbocycles. The molecule has 4 N–H and O–H groups in total. The summed E-state index contributed by atoms with van der Waals surface area (Å²) < 4.78 is 5.31. The Balaban J connectivity index is 2.50. The van der Waals surface area contributed by atoms with Crippen LogP contribution in [0.15, 0.2) is 6.07 Å². The highest BCUT2D eigenvalue weighted by Crippen LogP contribution is 2.11. The zero-order chi connectivity index (χ0) is 13.9. The molecular formula is C12H23N5OS. The van der Waals surface area contributed by atoms with Gasteiger partial charge in [-0.05, 0) is 31.8 Å². The minimum atomic E-state index is 0.396. The van der Waals surface area contributed by atoms with E-state index in [0.717, 1.165) is 18.8 Å². The maximum Gasteiger partial charge on any atom is 0.158 e. The number of rotatable bonds is 10. The van der Waals surface area contributed by atoms with Gasteiger partial charge in [-0.15, -0.1) is 0 Å². The van der Waals surface area contributed by atoms with Crippen molar-refractivity contribution in [1.29, 1.82) is 0 Å². The molecular weight excluding hydrogens is 262 g/mol. The Kier molecular flexibility index (Phi) is 8.28. The lowest BCUT2D eigenvalue weighted by Gasteiger charge is -2.09. The predicted octanol–water partition coefficient (Wildman–Crippen LogP) is 1.85. The molecule has 1 rings (SSSR count). The van der Waals surface area contributed by atoms with Crippen molar-refractivity contribution in [1.82, 2.24) is 9.97 Å². The van der Waals surface area contributed by atoms with E-state index in [1.54, 1.807) is 6.07 Å². The van der Waals surface area contributed by atoms with Gasteiger partial charge in [0.15, 0.2) is 5.82 Å². The Hall–Kier alpha value is -1.05. The summed E-state index contributed by atoms with van der Waals surface area (Å²) in [5, 5.41) is 3.28. The molecule has 108 valence electrons. The Labute approximate surface area is 118 Å². The number of hydrogen-bond acceptors (Lipinski definition) is 7. The number of unbranched alkanes of at least 4 members (excludes halogenated alkanes) is 1. The minimum absolute atomic E-state index is 0.396. The predicted molar refractivity (Wildman–Crippen MR) is 81.3 cm³/mol. The van der Waals surface area contributed by atoms with E-state index in [9.17, 15) is 0 Å². The average molecular weight is 285 g/mol. The molecule has 0 fully saturated rings. The van der Waals surface area contributed by atoms with Crippen molar-refractivity contribution in [2.75, 3.05) is 35.9 Å². The zero-order valence-corrected chi connectivity index (χ0v) is 12.4. The Bertz CT molecular complexity index is 364. The molecule has 7 heteroatoms. The average Bonchev–Trinajstić information content (AvgIpc) is 2.44. The summed E-state index contributed by atoms with van der Waals surface area (Å²) in [6.07, 6.45) is 4.45. The van der Waals surface area contributed by atoms with Gasteiger partial charge in [-0.2, -0.15) is 11.8 Å². The highest BCUT2D eigenvalue weighted by atomic mass is 32.2. The molecule has 0 aromatic carbocycles. The number of thioether (sulfide) groups is 1. The van der Waals surface area contributed by atoms with Crippen LogP contribution in [0.4, 0.5) is 11.6 Å². The van der Waals surface area contributed by atoms with Crippen molar-refractivity contribution in [2.45, 2.75) is 26.4 Å². The van der Waals surface area contributed by atoms with E-state index >= 15 is 0 Å². The molecule has 0 bridgehead atoms. The smallest absolute Gasteiger partial charge is 0.158 e. The molecule has 1 aromatic heterocycles. The number of ether oxygens (including phenoxy) is 1. The van der Waals surface area contributed by atoms with Crippen LogP contribution in [0.5, 0.6) is 0 Å².